The molecule has 3 aromatic heterocycles. The maximum atomic E-state index is 12.7. The number of rotatable bonds is 6. The number of amides is 1. The van der Waals surface area contributed by atoms with Gasteiger partial charge in [-0.05, 0) is 56.7 Å². The van der Waals surface area contributed by atoms with Crippen LogP contribution in [-0.4, -0.2) is 36.4 Å². The molecule has 31 heavy (non-hydrogen) atoms. The van der Waals surface area contributed by atoms with Gasteiger partial charge in [-0.3, -0.25) is 19.3 Å². The molecule has 0 unspecified atom stereocenters. The minimum absolute atomic E-state index is 0.118. The average Bonchev–Trinajstić information content (AvgIpc) is 3.20. The van der Waals surface area contributed by atoms with Gasteiger partial charge >= 0.3 is 0 Å². The Balaban J connectivity index is 1.58. The first-order valence-corrected chi connectivity index (χ1v) is 10.8. The zero-order chi connectivity index (χ0) is 21.8. The number of nitrogens with zero attached hydrogens (tertiary/aromatic N) is 5. The third-order valence-corrected chi connectivity index (χ3v) is 5.62. The molecule has 8 heteroatoms. The van der Waals surface area contributed by atoms with Crippen molar-refractivity contribution in [1.82, 2.24) is 24.7 Å². The summed E-state index contributed by atoms with van der Waals surface area (Å²) in [5.41, 5.74) is 5.27. The largest absolute Gasteiger partial charge is 0.324 e. The summed E-state index contributed by atoms with van der Waals surface area (Å²) in [6.45, 7) is 5.81. The Kier molecular flexibility index (Phi) is 6.08. The van der Waals surface area contributed by atoms with Crippen LogP contribution in [0.5, 0.6) is 0 Å². The predicted octanol–water partition coefficient (Wildman–Crippen LogP) is 4.38. The maximum absolute atomic E-state index is 12.7. The fourth-order valence-corrected chi connectivity index (χ4v) is 4.13. The SMILES string of the molecule is Cc1cc(C)c(NC(=O)CSc2nnc(-c3cccnc3)n2-c2ccccc2)c(C)n1. The van der Waals surface area contributed by atoms with Crippen molar-refractivity contribution >= 4 is 23.4 Å². The summed E-state index contributed by atoms with van der Waals surface area (Å²) < 4.78 is 1.94. The van der Waals surface area contributed by atoms with Crippen LogP contribution in [0.15, 0.2) is 66.1 Å². The van der Waals surface area contributed by atoms with Crippen molar-refractivity contribution < 1.29 is 4.79 Å². The molecular formula is C23H22N6OS. The van der Waals surface area contributed by atoms with Crippen molar-refractivity contribution in [2.45, 2.75) is 25.9 Å². The molecule has 1 N–H and O–H groups in total. The van der Waals surface area contributed by atoms with E-state index in [0.717, 1.165) is 33.9 Å². The van der Waals surface area contributed by atoms with Gasteiger partial charge < -0.3 is 5.32 Å². The van der Waals surface area contributed by atoms with Crippen LogP contribution < -0.4 is 5.32 Å². The highest BCUT2D eigenvalue weighted by Crippen LogP contribution is 2.28. The van der Waals surface area contributed by atoms with Gasteiger partial charge in [0.05, 0.1) is 17.1 Å². The van der Waals surface area contributed by atoms with E-state index >= 15 is 0 Å². The second-order valence-corrected chi connectivity index (χ2v) is 8.04. The van der Waals surface area contributed by atoms with E-state index in [0.29, 0.717) is 11.0 Å². The van der Waals surface area contributed by atoms with Crippen LogP contribution in [0.25, 0.3) is 17.1 Å². The molecule has 0 radical (unpaired) electrons. The minimum atomic E-state index is -0.118. The smallest absolute Gasteiger partial charge is 0.234 e. The number of anilines is 1. The zero-order valence-electron chi connectivity index (χ0n) is 17.5. The Morgan fingerprint density at radius 2 is 1.87 bits per heavy atom. The van der Waals surface area contributed by atoms with E-state index in [-0.39, 0.29) is 11.7 Å². The van der Waals surface area contributed by atoms with Crippen LogP contribution in [-0.2, 0) is 4.79 Å². The van der Waals surface area contributed by atoms with Gasteiger partial charge in [-0.25, -0.2) is 0 Å². The Labute approximate surface area is 185 Å². The van der Waals surface area contributed by atoms with Gasteiger partial charge in [0, 0.05) is 29.3 Å². The fourth-order valence-electron chi connectivity index (χ4n) is 3.37. The molecule has 0 aliphatic carbocycles. The zero-order valence-corrected chi connectivity index (χ0v) is 18.3. The van der Waals surface area contributed by atoms with Gasteiger partial charge in [-0.1, -0.05) is 30.0 Å². The lowest BCUT2D eigenvalue weighted by molar-refractivity contribution is -0.113. The third kappa shape index (κ3) is 4.64. The molecule has 3 heterocycles. The lowest BCUT2D eigenvalue weighted by Gasteiger charge is -2.12. The molecule has 0 aliphatic rings. The number of hydrogen-bond acceptors (Lipinski definition) is 6. The summed E-state index contributed by atoms with van der Waals surface area (Å²) >= 11 is 1.34. The van der Waals surface area contributed by atoms with E-state index in [9.17, 15) is 4.79 Å². The van der Waals surface area contributed by atoms with Crippen LogP contribution in [0.4, 0.5) is 5.69 Å². The molecular weight excluding hydrogens is 408 g/mol. The van der Waals surface area contributed by atoms with E-state index in [1.54, 1.807) is 12.4 Å². The van der Waals surface area contributed by atoms with Gasteiger partial charge in [-0.15, -0.1) is 10.2 Å². The lowest BCUT2D eigenvalue weighted by atomic mass is 10.1. The van der Waals surface area contributed by atoms with Crippen molar-refractivity contribution in [1.29, 1.82) is 0 Å². The molecule has 0 saturated carbocycles. The van der Waals surface area contributed by atoms with Crippen molar-refractivity contribution in [3.8, 4) is 17.1 Å². The quantitative estimate of drug-likeness (QED) is 0.457. The highest BCUT2D eigenvalue weighted by Gasteiger charge is 2.18. The molecule has 156 valence electrons. The molecule has 0 atom stereocenters. The Hall–Kier alpha value is -3.52. The molecule has 0 fully saturated rings. The van der Waals surface area contributed by atoms with Crippen LogP contribution in [0.2, 0.25) is 0 Å². The molecule has 7 nitrogen and oxygen atoms in total. The van der Waals surface area contributed by atoms with Crippen LogP contribution >= 0.6 is 11.8 Å². The van der Waals surface area contributed by atoms with Crippen molar-refractivity contribution in [3.63, 3.8) is 0 Å². The number of carbonyl (C=O) groups is 1. The minimum Gasteiger partial charge on any atom is -0.324 e. The van der Waals surface area contributed by atoms with Crippen molar-refractivity contribution in [2.75, 3.05) is 11.1 Å². The third-order valence-electron chi connectivity index (χ3n) is 4.69. The molecule has 4 rings (SSSR count). The predicted molar refractivity (Wildman–Crippen MR) is 122 cm³/mol. The van der Waals surface area contributed by atoms with Crippen LogP contribution in [0, 0.1) is 20.8 Å². The topological polar surface area (TPSA) is 85.6 Å². The molecule has 4 aromatic rings. The van der Waals surface area contributed by atoms with Gasteiger partial charge in [-0.2, -0.15) is 0 Å². The summed E-state index contributed by atoms with van der Waals surface area (Å²) in [6, 6.07) is 15.6. The molecule has 0 bridgehead atoms. The van der Waals surface area contributed by atoms with E-state index in [1.165, 1.54) is 11.8 Å². The van der Waals surface area contributed by atoms with Crippen LogP contribution in [0.1, 0.15) is 17.0 Å². The van der Waals surface area contributed by atoms with Gasteiger partial charge in [0.1, 0.15) is 0 Å². The second-order valence-electron chi connectivity index (χ2n) is 7.10. The summed E-state index contributed by atoms with van der Waals surface area (Å²) in [7, 11) is 0. The number of carbonyl (C=O) groups excluding carboxylic acids is 1. The summed E-state index contributed by atoms with van der Waals surface area (Å²) in [6.07, 6.45) is 3.47. The summed E-state index contributed by atoms with van der Waals surface area (Å²) in [5, 5.41) is 12.3. The number of para-hydroxylation sites is 1. The molecule has 1 amide bonds. The fraction of sp³-hybridized carbons (Fsp3) is 0.174. The number of thioether (sulfide) groups is 1. The summed E-state index contributed by atoms with van der Waals surface area (Å²) in [5.74, 6) is 0.758. The van der Waals surface area contributed by atoms with Crippen molar-refractivity contribution in [2.24, 2.45) is 0 Å². The second kappa shape index (κ2) is 9.09. The number of aryl methyl sites for hydroxylation is 3. The van der Waals surface area contributed by atoms with E-state index < -0.39 is 0 Å². The van der Waals surface area contributed by atoms with Crippen molar-refractivity contribution in [3.05, 3.63) is 77.9 Å². The highest BCUT2D eigenvalue weighted by molar-refractivity contribution is 7.99. The average molecular weight is 431 g/mol. The molecule has 0 spiro atoms. The first-order chi connectivity index (χ1) is 15.0. The molecule has 1 aromatic carbocycles. The van der Waals surface area contributed by atoms with Gasteiger partial charge in [0.15, 0.2) is 11.0 Å². The van der Waals surface area contributed by atoms with E-state index in [1.807, 2.05) is 73.9 Å². The molecule has 0 saturated heterocycles. The monoisotopic (exact) mass is 430 g/mol. The van der Waals surface area contributed by atoms with Gasteiger partial charge in [0.25, 0.3) is 0 Å². The lowest BCUT2D eigenvalue weighted by Crippen LogP contribution is -2.17. The number of nitrogens with one attached hydrogen (secondary N) is 1. The first kappa shape index (κ1) is 20.7. The van der Waals surface area contributed by atoms with E-state index in [4.69, 9.17) is 0 Å². The molecule has 0 aliphatic heterocycles. The Morgan fingerprint density at radius 3 is 2.58 bits per heavy atom. The number of hydrogen-bond donors (Lipinski definition) is 1. The number of aromatic nitrogens is 5. The maximum Gasteiger partial charge on any atom is 0.234 e. The first-order valence-electron chi connectivity index (χ1n) is 9.81. The Morgan fingerprint density at radius 1 is 1.06 bits per heavy atom. The van der Waals surface area contributed by atoms with Gasteiger partial charge in [0.2, 0.25) is 5.91 Å². The number of pyridine rings is 2. The van der Waals surface area contributed by atoms with Crippen LogP contribution in [0.3, 0.4) is 0 Å². The standard InChI is InChI=1S/C23H22N6OS/c1-15-12-16(2)25-17(3)21(15)26-20(30)14-31-23-28-27-22(18-8-7-11-24-13-18)29(23)19-9-5-4-6-10-19/h4-13H,14H2,1-3H3,(H,26,30). The van der Waals surface area contributed by atoms with E-state index in [2.05, 4.69) is 25.5 Å². The highest BCUT2D eigenvalue weighted by atomic mass is 32.2. The Bertz CT molecular complexity index is 1180. The normalized spacial score (nSPS) is 10.8. The summed E-state index contributed by atoms with van der Waals surface area (Å²) in [4.78, 5) is 21.3. The number of benzene rings is 1.